The standard InChI is InChI=1S/C8H10I2N2O/c1-2-5(11)7-8(13)4(9)3-6(10)12-7/h3,5,13H,2,11H2,1H3/t5-/m0/s1. The predicted octanol–water partition coefficient (Wildman–Crippen LogP) is 2.41. The van der Waals surface area contributed by atoms with E-state index in [2.05, 4.69) is 50.2 Å². The number of pyridine rings is 1. The van der Waals surface area contributed by atoms with Crippen LogP contribution in [0.15, 0.2) is 6.07 Å². The molecule has 5 heteroatoms. The lowest BCUT2D eigenvalue weighted by molar-refractivity contribution is 0.450. The van der Waals surface area contributed by atoms with Gasteiger partial charge in [-0.3, -0.25) is 0 Å². The molecule has 1 aromatic rings. The van der Waals surface area contributed by atoms with Crippen LogP contribution in [-0.4, -0.2) is 10.1 Å². The molecule has 1 atom stereocenters. The van der Waals surface area contributed by atoms with Crippen molar-refractivity contribution in [2.45, 2.75) is 19.4 Å². The van der Waals surface area contributed by atoms with Crippen LogP contribution < -0.4 is 5.73 Å². The maximum Gasteiger partial charge on any atom is 0.152 e. The van der Waals surface area contributed by atoms with Gasteiger partial charge in [0, 0.05) is 0 Å². The number of nitrogens with zero attached hydrogens (tertiary/aromatic N) is 1. The van der Waals surface area contributed by atoms with E-state index in [4.69, 9.17) is 5.73 Å². The Bertz CT molecular complexity index is 317. The van der Waals surface area contributed by atoms with Gasteiger partial charge in [-0.05, 0) is 57.7 Å². The Morgan fingerprint density at radius 2 is 2.23 bits per heavy atom. The largest absolute Gasteiger partial charge is 0.505 e. The summed E-state index contributed by atoms with van der Waals surface area (Å²) >= 11 is 4.19. The van der Waals surface area contributed by atoms with Gasteiger partial charge in [0.1, 0.15) is 9.39 Å². The summed E-state index contributed by atoms with van der Waals surface area (Å²) in [6.07, 6.45) is 0.775. The lowest BCUT2D eigenvalue weighted by atomic mass is 10.1. The van der Waals surface area contributed by atoms with Crippen molar-refractivity contribution >= 4 is 45.2 Å². The first-order valence-electron chi connectivity index (χ1n) is 3.86. The van der Waals surface area contributed by atoms with Crippen LogP contribution in [0, 0.1) is 7.27 Å². The zero-order valence-electron chi connectivity index (χ0n) is 7.09. The zero-order valence-corrected chi connectivity index (χ0v) is 11.4. The maximum absolute atomic E-state index is 9.67. The van der Waals surface area contributed by atoms with E-state index >= 15 is 0 Å². The molecule has 0 saturated carbocycles. The number of hydrogen-bond acceptors (Lipinski definition) is 3. The Morgan fingerprint density at radius 1 is 1.62 bits per heavy atom. The van der Waals surface area contributed by atoms with Crippen LogP contribution in [0.1, 0.15) is 25.1 Å². The fraction of sp³-hybridized carbons (Fsp3) is 0.375. The van der Waals surface area contributed by atoms with Gasteiger partial charge in [0.05, 0.1) is 9.61 Å². The lowest BCUT2D eigenvalue weighted by Crippen LogP contribution is -2.12. The third-order valence-electron chi connectivity index (χ3n) is 1.73. The second-order valence-corrected chi connectivity index (χ2v) is 4.94. The molecular formula is C8H10I2N2O. The minimum absolute atomic E-state index is 0.178. The minimum Gasteiger partial charge on any atom is -0.505 e. The Labute approximate surface area is 104 Å². The molecule has 0 spiro atoms. The number of halogens is 2. The molecule has 0 fully saturated rings. The van der Waals surface area contributed by atoms with Crippen LogP contribution in [-0.2, 0) is 0 Å². The molecule has 0 bridgehead atoms. The van der Waals surface area contributed by atoms with Gasteiger partial charge in [-0.1, -0.05) is 6.92 Å². The molecule has 72 valence electrons. The summed E-state index contributed by atoms with van der Waals surface area (Å²) < 4.78 is 1.66. The Balaban J connectivity index is 3.20. The summed E-state index contributed by atoms with van der Waals surface area (Å²) in [6.45, 7) is 1.97. The van der Waals surface area contributed by atoms with Crippen molar-refractivity contribution in [1.29, 1.82) is 0 Å². The van der Waals surface area contributed by atoms with Gasteiger partial charge in [-0.25, -0.2) is 4.98 Å². The topological polar surface area (TPSA) is 59.1 Å². The fourth-order valence-corrected chi connectivity index (χ4v) is 2.69. The molecule has 0 aliphatic carbocycles. The molecule has 1 aromatic heterocycles. The van der Waals surface area contributed by atoms with Crippen LogP contribution in [0.3, 0.4) is 0 Å². The van der Waals surface area contributed by atoms with Crippen LogP contribution >= 0.6 is 45.2 Å². The highest BCUT2D eigenvalue weighted by Crippen LogP contribution is 2.28. The molecule has 1 heterocycles. The minimum atomic E-state index is -0.178. The SMILES string of the molecule is CC[C@H](N)c1nc(I)cc(I)c1O. The van der Waals surface area contributed by atoms with Crippen molar-refractivity contribution in [3.63, 3.8) is 0 Å². The van der Waals surface area contributed by atoms with E-state index in [-0.39, 0.29) is 11.8 Å². The maximum atomic E-state index is 9.67. The van der Waals surface area contributed by atoms with Gasteiger partial charge in [-0.2, -0.15) is 0 Å². The summed E-state index contributed by atoms with van der Waals surface area (Å²) in [6, 6.07) is 1.64. The van der Waals surface area contributed by atoms with Crippen molar-refractivity contribution in [1.82, 2.24) is 4.98 Å². The first kappa shape index (κ1) is 11.4. The van der Waals surface area contributed by atoms with Gasteiger partial charge in [-0.15, -0.1) is 0 Å². The second-order valence-electron chi connectivity index (χ2n) is 2.68. The average Bonchev–Trinajstić information content (AvgIpc) is 2.10. The van der Waals surface area contributed by atoms with Crippen LogP contribution in [0.25, 0.3) is 0 Å². The number of rotatable bonds is 2. The average molecular weight is 404 g/mol. The number of aromatic hydroxyl groups is 1. The van der Waals surface area contributed by atoms with Gasteiger partial charge < -0.3 is 10.8 Å². The van der Waals surface area contributed by atoms with E-state index < -0.39 is 0 Å². The normalized spacial score (nSPS) is 12.9. The summed E-state index contributed by atoms with van der Waals surface area (Å²) in [5.74, 6) is 0.218. The Hall–Kier alpha value is 0.370. The zero-order chi connectivity index (χ0) is 10.0. The molecular weight excluding hydrogens is 394 g/mol. The molecule has 3 nitrogen and oxygen atoms in total. The van der Waals surface area contributed by atoms with Crippen molar-refractivity contribution in [3.8, 4) is 5.75 Å². The van der Waals surface area contributed by atoms with E-state index in [0.29, 0.717) is 5.69 Å². The van der Waals surface area contributed by atoms with Crippen molar-refractivity contribution in [2.75, 3.05) is 0 Å². The molecule has 0 aliphatic heterocycles. The molecule has 1 rings (SSSR count). The monoisotopic (exact) mass is 404 g/mol. The summed E-state index contributed by atoms with van der Waals surface area (Å²) in [5, 5.41) is 9.67. The van der Waals surface area contributed by atoms with Crippen LogP contribution in [0.4, 0.5) is 0 Å². The first-order valence-corrected chi connectivity index (χ1v) is 6.02. The lowest BCUT2D eigenvalue weighted by Gasteiger charge is -2.11. The Morgan fingerprint density at radius 3 is 2.77 bits per heavy atom. The number of hydrogen-bond donors (Lipinski definition) is 2. The van der Waals surface area contributed by atoms with Crippen molar-refractivity contribution < 1.29 is 5.11 Å². The molecule has 0 radical (unpaired) electrons. The highest BCUT2D eigenvalue weighted by atomic mass is 127. The van der Waals surface area contributed by atoms with E-state index in [1.54, 1.807) is 0 Å². The number of nitrogens with two attached hydrogens (primary N) is 1. The highest BCUT2D eigenvalue weighted by Gasteiger charge is 2.14. The van der Waals surface area contributed by atoms with E-state index in [9.17, 15) is 5.11 Å². The quantitative estimate of drug-likeness (QED) is 0.589. The predicted molar refractivity (Wildman–Crippen MR) is 68.6 cm³/mol. The molecule has 0 aromatic carbocycles. The number of aromatic nitrogens is 1. The third-order valence-corrected chi connectivity index (χ3v) is 3.11. The van der Waals surface area contributed by atoms with Gasteiger partial charge >= 0.3 is 0 Å². The molecule has 3 N–H and O–H groups in total. The smallest absolute Gasteiger partial charge is 0.152 e. The molecule has 0 aliphatic rings. The van der Waals surface area contributed by atoms with Crippen LogP contribution in [0.5, 0.6) is 5.75 Å². The van der Waals surface area contributed by atoms with Gasteiger partial charge in [0.15, 0.2) is 5.75 Å². The molecule has 0 amide bonds. The van der Waals surface area contributed by atoms with Gasteiger partial charge in [0.2, 0.25) is 0 Å². The first-order chi connectivity index (χ1) is 6.06. The van der Waals surface area contributed by atoms with Crippen molar-refractivity contribution in [3.05, 3.63) is 19.0 Å². The van der Waals surface area contributed by atoms with Crippen LogP contribution in [0.2, 0.25) is 0 Å². The van der Waals surface area contributed by atoms with E-state index in [1.165, 1.54) is 0 Å². The molecule has 13 heavy (non-hydrogen) atoms. The Kier molecular flexibility index (Phi) is 4.17. The van der Waals surface area contributed by atoms with E-state index in [0.717, 1.165) is 13.7 Å². The molecule has 0 unspecified atom stereocenters. The summed E-state index contributed by atoms with van der Waals surface area (Å²) in [4.78, 5) is 4.21. The second kappa shape index (κ2) is 4.74. The summed E-state index contributed by atoms with van der Waals surface area (Å²) in [7, 11) is 0. The van der Waals surface area contributed by atoms with Gasteiger partial charge in [0.25, 0.3) is 0 Å². The fourth-order valence-electron chi connectivity index (χ4n) is 0.947. The third kappa shape index (κ3) is 2.66. The highest BCUT2D eigenvalue weighted by molar-refractivity contribution is 14.1. The van der Waals surface area contributed by atoms with Crippen molar-refractivity contribution in [2.24, 2.45) is 5.73 Å². The van der Waals surface area contributed by atoms with E-state index in [1.807, 2.05) is 13.0 Å². The summed E-state index contributed by atoms with van der Waals surface area (Å²) in [5.41, 5.74) is 6.40. The molecule has 0 saturated heterocycles.